The number of carbonyl (C=O) groups excluding carboxylic acids is 2. The van der Waals surface area contributed by atoms with E-state index in [1.165, 1.54) is 0 Å². The van der Waals surface area contributed by atoms with Crippen LogP contribution in [0.4, 0.5) is 10.5 Å². The summed E-state index contributed by atoms with van der Waals surface area (Å²) < 4.78 is 11.0. The smallest absolute Gasteiger partial charge is 0.410 e. The zero-order valence-corrected chi connectivity index (χ0v) is 19.9. The molecule has 0 spiro atoms. The van der Waals surface area contributed by atoms with Gasteiger partial charge in [0.05, 0.1) is 0 Å². The molecule has 34 heavy (non-hydrogen) atoms. The molecule has 1 fully saturated rings. The van der Waals surface area contributed by atoms with E-state index in [4.69, 9.17) is 9.47 Å². The van der Waals surface area contributed by atoms with Crippen molar-refractivity contribution in [1.29, 1.82) is 0 Å². The summed E-state index contributed by atoms with van der Waals surface area (Å²) in [6, 6.07) is 13.6. The van der Waals surface area contributed by atoms with Crippen molar-refractivity contribution in [2.45, 2.75) is 39.5 Å². The number of carboxylic acids is 1. The molecule has 1 atom stereocenters. The van der Waals surface area contributed by atoms with E-state index in [0.717, 1.165) is 11.3 Å². The van der Waals surface area contributed by atoms with Gasteiger partial charge in [-0.05, 0) is 63.6 Å². The van der Waals surface area contributed by atoms with Gasteiger partial charge in [-0.2, -0.15) is 0 Å². The SMILES string of the molecule is Cc1cc(OC(NC(=O)c2ccccc2)C(=O)O)ccc1N1CCN(C(=O)OC(C)(C)C)CC1. The molecular formula is C25H31N3O6. The second-order valence-corrected chi connectivity index (χ2v) is 9.08. The van der Waals surface area contributed by atoms with Crippen LogP contribution in [0.2, 0.25) is 0 Å². The summed E-state index contributed by atoms with van der Waals surface area (Å²) in [5, 5.41) is 11.9. The molecule has 1 saturated heterocycles. The highest BCUT2D eigenvalue weighted by atomic mass is 16.6. The van der Waals surface area contributed by atoms with Crippen LogP contribution in [0.25, 0.3) is 0 Å². The number of aryl methyl sites for hydroxylation is 1. The fourth-order valence-corrected chi connectivity index (χ4v) is 3.58. The number of anilines is 1. The van der Waals surface area contributed by atoms with Crippen molar-refractivity contribution in [2.24, 2.45) is 0 Å². The van der Waals surface area contributed by atoms with Gasteiger partial charge in [0, 0.05) is 37.4 Å². The maximum absolute atomic E-state index is 12.3. The number of nitrogens with zero attached hydrogens (tertiary/aromatic N) is 2. The lowest BCUT2D eigenvalue weighted by Crippen LogP contribution is -2.50. The molecule has 2 aromatic carbocycles. The van der Waals surface area contributed by atoms with E-state index in [0.29, 0.717) is 37.5 Å². The summed E-state index contributed by atoms with van der Waals surface area (Å²) >= 11 is 0. The van der Waals surface area contributed by atoms with E-state index >= 15 is 0 Å². The lowest BCUT2D eigenvalue weighted by molar-refractivity contribution is -0.146. The number of nitrogens with one attached hydrogen (secondary N) is 1. The largest absolute Gasteiger partial charge is 0.477 e. The van der Waals surface area contributed by atoms with Gasteiger partial charge < -0.3 is 29.7 Å². The van der Waals surface area contributed by atoms with Gasteiger partial charge in [-0.25, -0.2) is 9.59 Å². The normalized spacial score (nSPS) is 14.8. The third-order valence-electron chi connectivity index (χ3n) is 5.22. The molecule has 0 radical (unpaired) electrons. The number of benzene rings is 2. The number of carbonyl (C=O) groups is 3. The molecular weight excluding hydrogens is 438 g/mol. The highest BCUT2D eigenvalue weighted by Gasteiger charge is 2.27. The number of amides is 2. The van der Waals surface area contributed by atoms with E-state index in [1.54, 1.807) is 47.4 Å². The van der Waals surface area contributed by atoms with E-state index < -0.39 is 23.7 Å². The van der Waals surface area contributed by atoms with Crippen LogP contribution in [0.3, 0.4) is 0 Å². The van der Waals surface area contributed by atoms with Crippen LogP contribution in [0.15, 0.2) is 48.5 Å². The standard InChI is InChI=1S/C25H31N3O6/c1-17-16-19(33-22(23(30)31)26-21(29)18-8-6-5-7-9-18)10-11-20(17)27-12-14-28(15-13-27)24(32)34-25(2,3)4/h5-11,16,22H,12-15H2,1-4H3,(H,26,29)(H,30,31). The Hall–Kier alpha value is -3.75. The molecule has 1 aliphatic rings. The molecule has 1 heterocycles. The predicted molar refractivity (Wildman–Crippen MR) is 127 cm³/mol. The second-order valence-electron chi connectivity index (χ2n) is 9.08. The van der Waals surface area contributed by atoms with Crippen LogP contribution in [-0.2, 0) is 9.53 Å². The van der Waals surface area contributed by atoms with Crippen LogP contribution in [0.5, 0.6) is 5.75 Å². The average molecular weight is 470 g/mol. The van der Waals surface area contributed by atoms with Gasteiger partial charge in [0.25, 0.3) is 12.1 Å². The Balaban J connectivity index is 1.61. The van der Waals surface area contributed by atoms with E-state index in [1.807, 2.05) is 33.8 Å². The van der Waals surface area contributed by atoms with Crippen molar-refractivity contribution in [2.75, 3.05) is 31.1 Å². The van der Waals surface area contributed by atoms with E-state index in [2.05, 4.69) is 10.2 Å². The highest BCUT2D eigenvalue weighted by molar-refractivity contribution is 5.96. The molecule has 3 rings (SSSR count). The minimum atomic E-state index is -1.53. The van der Waals surface area contributed by atoms with Crippen LogP contribution in [0, 0.1) is 6.92 Å². The van der Waals surface area contributed by atoms with Crippen LogP contribution in [0.1, 0.15) is 36.7 Å². The molecule has 0 aliphatic carbocycles. The van der Waals surface area contributed by atoms with Gasteiger partial charge in [0.2, 0.25) is 0 Å². The van der Waals surface area contributed by atoms with Crippen molar-refractivity contribution in [3.63, 3.8) is 0 Å². The third kappa shape index (κ3) is 6.63. The van der Waals surface area contributed by atoms with Crippen LogP contribution < -0.4 is 15.0 Å². The van der Waals surface area contributed by atoms with Gasteiger partial charge in [0.15, 0.2) is 0 Å². The molecule has 2 amide bonds. The van der Waals surface area contributed by atoms with Crippen molar-refractivity contribution in [1.82, 2.24) is 10.2 Å². The summed E-state index contributed by atoms with van der Waals surface area (Å²) in [6.45, 7) is 9.80. The Morgan fingerprint density at radius 2 is 1.65 bits per heavy atom. The number of rotatable bonds is 6. The minimum Gasteiger partial charge on any atom is -0.477 e. The monoisotopic (exact) mass is 469 g/mol. The zero-order chi connectivity index (χ0) is 24.9. The number of piperazine rings is 1. The topological polar surface area (TPSA) is 108 Å². The molecule has 9 heteroatoms. The van der Waals surface area contributed by atoms with E-state index in [9.17, 15) is 19.5 Å². The quantitative estimate of drug-likeness (QED) is 0.625. The lowest BCUT2D eigenvalue weighted by atomic mass is 10.1. The Morgan fingerprint density at radius 1 is 1.00 bits per heavy atom. The first-order valence-corrected chi connectivity index (χ1v) is 11.1. The molecule has 1 unspecified atom stereocenters. The molecule has 0 saturated carbocycles. The first kappa shape index (κ1) is 24.9. The lowest BCUT2D eigenvalue weighted by Gasteiger charge is -2.37. The molecule has 182 valence electrons. The third-order valence-corrected chi connectivity index (χ3v) is 5.22. The van der Waals surface area contributed by atoms with Gasteiger partial charge >= 0.3 is 12.1 Å². The summed E-state index contributed by atoms with van der Waals surface area (Å²) in [6.07, 6.45) is -1.85. The Morgan fingerprint density at radius 3 is 2.21 bits per heavy atom. The zero-order valence-electron chi connectivity index (χ0n) is 19.9. The molecule has 0 aromatic heterocycles. The molecule has 2 N–H and O–H groups in total. The molecule has 0 bridgehead atoms. The maximum atomic E-state index is 12.3. The molecule has 1 aliphatic heterocycles. The fourth-order valence-electron chi connectivity index (χ4n) is 3.58. The first-order chi connectivity index (χ1) is 16.0. The Bertz CT molecular complexity index is 1030. The van der Waals surface area contributed by atoms with Crippen molar-refractivity contribution < 1.29 is 29.0 Å². The van der Waals surface area contributed by atoms with Crippen molar-refractivity contribution >= 4 is 23.7 Å². The Labute approximate surface area is 199 Å². The van der Waals surface area contributed by atoms with E-state index in [-0.39, 0.29) is 6.09 Å². The van der Waals surface area contributed by atoms with Gasteiger partial charge in [-0.3, -0.25) is 4.79 Å². The number of carboxylic acid groups (broad SMARTS) is 1. The number of ether oxygens (including phenoxy) is 2. The predicted octanol–water partition coefficient (Wildman–Crippen LogP) is 3.27. The van der Waals surface area contributed by atoms with Gasteiger partial charge in [-0.15, -0.1) is 0 Å². The first-order valence-electron chi connectivity index (χ1n) is 11.1. The number of hydrogen-bond acceptors (Lipinski definition) is 6. The Kier molecular flexibility index (Phi) is 7.65. The fraction of sp³-hybridized carbons (Fsp3) is 0.400. The van der Waals surface area contributed by atoms with Crippen molar-refractivity contribution in [3.05, 3.63) is 59.7 Å². The maximum Gasteiger partial charge on any atom is 0.410 e. The van der Waals surface area contributed by atoms with Gasteiger partial charge in [0.1, 0.15) is 11.4 Å². The summed E-state index contributed by atoms with van der Waals surface area (Å²) in [7, 11) is 0. The summed E-state index contributed by atoms with van der Waals surface area (Å²) in [4.78, 5) is 40.1. The molecule has 2 aromatic rings. The van der Waals surface area contributed by atoms with Gasteiger partial charge in [-0.1, -0.05) is 18.2 Å². The highest BCUT2D eigenvalue weighted by Crippen LogP contribution is 2.26. The van der Waals surface area contributed by atoms with Crippen LogP contribution in [-0.4, -0.2) is 66.0 Å². The average Bonchev–Trinajstić information content (AvgIpc) is 2.78. The number of hydrogen-bond donors (Lipinski definition) is 2. The summed E-state index contributed by atoms with van der Waals surface area (Å²) in [5.41, 5.74) is 1.67. The molecule has 9 nitrogen and oxygen atoms in total. The summed E-state index contributed by atoms with van der Waals surface area (Å²) in [5.74, 6) is -1.51. The van der Waals surface area contributed by atoms with Crippen LogP contribution >= 0.6 is 0 Å². The number of aliphatic carboxylic acids is 1. The second kappa shape index (κ2) is 10.5. The van der Waals surface area contributed by atoms with Crippen molar-refractivity contribution in [3.8, 4) is 5.75 Å². The minimum absolute atomic E-state index is 0.315.